The third-order valence-corrected chi connectivity index (χ3v) is 6.27. The van der Waals surface area contributed by atoms with Crippen molar-refractivity contribution in [2.75, 3.05) is 5.32 Å². The molecule has 4 rings (SSSR count). The summed E-state index contributed by atoms with van der Waals surface area (Å²) in [5, 5.41) is 14.2. The van der Waals surface area contributed by atoms with Crippen molar-refractivity contribution in [2.24, 2.45) is 0 Å². The first-order valence-electron chi connectivity index (χ1n) is 9.37. The van der Waals surface area contributed by atoms with Crippen molar-refractivity contribution in [3.05, 3.63) is 59.1 Å². The van der Waals surface area contributed by atoms with E-state index in [2.05, 4.69) is 20.8 Å². The molecular weight excluding hydrogens is 388 g/mol. The number of carbonyl (C=O) groups is 3. The quantitative estimate of drug-likeness (QED) is 0.562. The van der Waals surface area contributed by atoms with Crippen LogP contribution in [0, 0.1) is 0 Å². The van der Waals surface area contributed by atoms with Gasteiger partial charge in [0.05, 0.1) is 16.0 Å². The molecule has 8 heteroatoms. The summed E-state index contributed by atoms with van der Waals surface area (Å²) in [4.78, 5) is 37.5. The van der Waals surface area contributed by atoms with E-state index in [0.717, 1.165) is 16.1 Å². The predicted molar refractivity (Wildman–Crippen MR) is 111 cm³/mol. The number of H-pyrrole nitrogens is 1. The Morgan fingerprint density at radius 3 is 2.69 bits per heavy atom. The average Bonchev–Trinajstić information content (AvgIpc) is 3.41. The molecule has 1 fully saturated rings. The molecule has 3 amide bonds. The molecule has 0 spiro atoms. The van der Waals surface area contributed by atoms with Gasteiger partial charge in [-0.2, -0.15) is 5.10 Å². The topological polar surface area (TPSA) is 104 Å². The van der Waals surface area contributed by atoms with Crippen LogP contribution in [0.15, 0.2) is 47.8 Å². The fourth-order valence-corrected chi connectivity index (χ4v) is 4.32. The van der Waals surface area contributed by atoms with Gasteiger partial charge >= 0.3 is 0 Å². The van der Waals surface area contributed by atoms with Crippen LogP contribution in [0.1, 0.15) is 42.2 Å². The third-order valence-electron chi connectivity index (χ3n) is 5.36. The lowest BCUT2D eigenvalue weighted by atomic mass is 9.72. The number of aromatic nitrogens is 2. The minimum Gasteiger partial charge on any atom is -0.321 e. The van der Waals surface area contributed by atoms with E-state index in [-0.39, 0.29) is 17.7 Å². The number of rotatable bonds is 5. The Bertz CT molecular complexity index is 1060. The molecule has 2 aromatic heterocycles. The summed E-state index contributed by atoms with van der Waals surface area (Å²) in [6.45, 7) is 1.94. The summed E-state index contributed by atoms with van der Waals surface area (Å²) in [6, 6.07) is 12.8. The zero-order valence-corrected chi connectivity index (χ0v) is 16.6. The highest BCUT2D eigenvalue weighted by Gasteiger charge is 2.42. The van der Waals surface area contributed by atoms with Gasteiger partial charge in [0.25, 0.3) is 5.91 Å². The second-order valence-electron chi connectivity index (χ2n) is 6.99. The second kappa shape index (κ2) is 7.63. The van der Waals surface area contributed by atoms with Gasteiger partial charge in [-0.15, -0.1) is 11.3 Å². The van der Waals surface area contributed by atoms with E-state index >= 15 is 0 Å². The minimum atomic E-state index is -0.714. The third kappa shape index (κ3) is 3.58. The Labute approximate surface area is 171 Å². The number of amides is 3. The molecular formula is C21H20N4O3S. The van der Waals surface area contributed by atoms with Gasteiger partial charge < -0.3 is 5.32 Å². The zero-order chi connectivity index (χ0) is 20.4. The van der Waals surface area contributed by atoms with Crippen LogP contribution in [0.5, 0.6) is 0 Å². The lowest BCUT2D eigenvalue weighted by molar-refractivity contribution is -0.138. The number of hydrogen-bond acceptors (Lipinski definition) is 5. The average molecular weight is 408 g/mol. The van der Waals surface area contributed by atoms with Crippen molar-refractivity contribution in [1.29, 1.82) is 0 Å². The number of benzene rings is 1. The van der Waals surface area contributed by atoms with Crippen LogP contribution in [0.4, 0.5) is 5.69 Å². The maximum atomic E-state index is 12.5. The zero-order valence-electron chi connectivity index (χ0n) is 15.8. The highest BCUT2D eigenvalue weighted by Crippen LogP contribution is 2.36. The molecule has 0 radical (unpaired) electrons. The van der Waals surface area contributed by atoms with Crippen LogP contribution < -0.4 is 10.6 Å². The highest BCUT2D eigenvalue weighted by molar-refractivity contribution is 7.13. The summed E-state index contributed by atoms with van der Waals surface area (Å²) >= 11 is 1.57. The van der Waals surface area contributed by atoms with Crippen LogP contribution >= 0.6 is 11.3 Å². The fourth-order valence-electron chi connectivity index (χ4n) is 3.63. The van der Waals surface area contributed by atoms with Crippen molar-refractivity contribution in [3.63, 3.8) is 0 Å². The molecule has 3 heterocycles. The molecule has 1 unspecified atom stereocenters. The molecule has 148 valence electrons. The largest absolute Gasteiger partial charge is 0.321 e. The fraction of sp³-hybridized carbons (Fsp3) is 0.238. The Hall–Kier alpha value is -3.26. The maximum Gasteiger partial charge on any atom is 0.276 e. The smallest absolute Gasteiger partial charge is 0.276 e. The summed E-state index contributed by atoms with van der Waals surface area (Å²) in [5.41, 5.74) is 1.82. The van der Waals surface area contributed by atoms with E-state index in [1.165, 1.54) is 0 Å². The standard InChI is InChI=1S/C21H20N4O3S/c1-2-21(10-9-18(26)23-20(21)28)13-5-7-14(8-6-13)22-19(27)16-12-15(24-25-16)17-4-3-11-29-17/h3-8,11-12H,2,9-10H2,1H3,(H,22,27)(H,24,25)(H,23,26,28). The first kappa shape index (κ1) is 19.1. The molecule has 3 aromatic rings. The number of carbonyl (C=O) groups excluding carboxylic acids is 3. The van der Waals surface area contributed by atoms with Gasteiger partial charge in [0.2, 0.25) is 11.8 Å². The molecule has 0 aliphatic carbocycles. The number of anilines is 1. The number of hydrogen-bond donors (Lipinski definition) is 3. The molecule has 7 nitrogen and oxygen atoms in total. The van der Waals surface area contributed by atoms with Crippen molar-refractivity contribution in [3.8, 4) is 10.6 Å². The van der Waals surface area contributed by atoms with Gasteiger partial charge in [0.15, 0.2) is 5.69 Å². The SMILES string of the molecule is CCC1(c2ccc(NC(=O)c3cc(-c4cccs4)[nH]n3)cc2)CCC(=O)NC1=O. The molecule has 1 saturated heterocycles. The van der Waals surface area contributed by atoms with Crippen LogP contribution in [0.25, 0.3) is 10.6 Å². The van der Waals surface area contributed by atoms with Gasteiger partial charge in [-0.3, -0.25) is 24.8 Å². The monoisotopic (exact) mass is 408 g/mol. The van der Waals surface area contributed by atoms with Crippen LogP contribution in [-0.4, -0.2) is 27.9 Å². The lowest BCUT2D eigenvalue weighted by Crippen LogP contribution is -2.51. The molecule has 0 saturated carbocycles. The Kier molecular flexibility index (Phi) is 5.02. The van der Waals surface area contributed by atoms with Crippen molar-refractivity contribution in [1.82, 2.24) is 15.5 Å². The van der Waals surface area contributed by atoms with Crippen LogP contribution in [0.3, 0.4) is 0 Å². The summed E-state index contributed by atoms with van der Waals surface area (Å²) < 4.78 is 0. The van der Waals surface area contributed by atoms with Crippen molar-refractivity contribution in [2.45, 2.75) is 31.6 Å². The highest BCUT2D eigenvalue weighted by atomic mass is 32.1. The molecule has 29 heavy (non-hydrogen) atoms. The Balaban J connectivity index is 1.49. The van der Waals surface area contributed by atoms with E-state index in [1.54, 1.807) is 29.5 Å². The maximum absolute atomic E-state index is 12.5. The normalized spacial score (nSPS) is 19.1. The summed E-state index contributed by atoms with van der Waals surface area (Å²) in [6.07, 6.45) is 1.40. The van der Waals surface area contributed by atoms with Gasteiger partial charge in [0, 0.05) is 12.1 Å². The number of aromatic amines is 1. The van der Waals surface area contributed by atoms with E-state index in [9.17, 15) is 14.4 Å². The van der Waals surface area contributed by atoms with Gasteiger partial charge in [-0.05, 0) is 48.1 Å². The number of nitrogens with zero attached hydrogens (tertiary/aromatic N) is 1. The van der Waals surface area contributed by atoms with Crippen LogP contribution in [-0.2, 0) is 15.0 Å². The van der Waals surface area contributed by atoms with E-state index in [4.69, 9.17) is 0 Å². The molecule has 1 aliphatic rings. The second-order valence-corrected chi connectivity index (χ2v) is 7.94. The number of imide groups is 1. The van der Waals surface area contributed by atoms with Crippen molar-refractivity contribution >= 4 is 34.7 Å². The molecule has 0 bridgehead atoms. The molecule has 1 atom stereocenters. The summed E-state index contributed by atoms with van der Waals surface area (Å²) in [7, 11) is 0. The van der Waals surface area contributed by atoms with Crippen LogP contribution in [0.2, 0.25) is 0 Å². The van der Waals surface area contributed by atoms with Gasteiger partial charge in [-0.1, -0.05) is 25.1 Å². The molecule has 3 N–H and O–H groups in total. The first-order valence-corrected chi connectivity index (χ1v) is 10.3. The van der Waals surface area contributed by atoms with Gasteiger partial charge in [0.1, 0.15) is 0 Å². The first-order chi connectivity index (χ1) is 14.0. The number of piperidine rings is 1. The Morgan fingerprint density at radius 2 is 2.03 bits per heavy atom. The van der Waals surface area contributed by atoms with E-state index < -0.39 is 5.41 Å². The minimum absolute atomic E-state index is 0.233. The number of thiophene rings is 1. The Morgan fingerprint density at radius 1 is 1.24 bits per heavy atom. The van der Waals surface area contributed by atoms with Gasteiger partial charge in [-0.25, -0.2) is 0 Å². The molecule has 1 aromatic carbocycles. The number of nitrogens with one attached hydrogen (secondary N) is 3. The lowest BCUT2D eigenvalue weighted by Gasteiger charge is -2.35. The van der Waals surface area contributed by atoms with E-state index in [1.807, 2.05) is 36.6 Å². The van der Waals surface area contributed by atoms with Crippen molar-refractivity contribution < 1.29 is 14.4 Å². The molecule has 1 aliphatic heterocycles. The summed E-state index contributed by atoms with van der Waals surface area (Å²) in [5.74, 6) is -0.808. The predicted octanol–water partition coefficient (Wildman–Crippen LogP) is 3.47. The van der Waals surface area contributed by atoms with E-state index in [0.29, 0.717) is 30.6 Å².